The number of fused-ring (bicyclic) bond motifs is 5. The number of carbonyl (C=O) groups excluding carboxylic acids is 2. The van der Waals surface area contributed by atoms with Crippen LogP contribution in [0.4, 0.5) is 36.4 Å². The summed E-state index contributed by atoms with van der Waals surface area (Å²) in [7, 11) is 0. The quantitative estimate of drug-likeness (QED) is 0.136. The van der Waals surface area contributed by atoms with E-state index in [9.17, 15) is 40.3 Å². The minimum absolute atomic E-state index is 0.0465. The molecular weight excluding hydrogens is 515 g/mol. The first-order chi connectivity index (χ1) is 18.1. The smallest absolute Gasteiger partial charge is 0.238 e. The number of nitrogens with zero attached hydrogens (tertiary/aromatic N) is 1. The van der Waals surface area contributed by atoms with Gasteiger partial charge in [-0.3, -0.25) is 9.59 Å². The van der Waals surface area contributed by atoms with Crippen LogP contribution in [0.15, 0.2) is 66.3 Å². The van der Waals surface area contributed by atoms with Gasteiger partial charge in [0, 0.05) is 11.8 Å². The van der Waals surface area contributed by atoms with Gasteiger partial charge >= 0.3 is 0 Å². The molecule has 0 spiro atoms. The Labute approximate surface area is 210 Å². The summed E-state index contributed by atoms with van der Waals surface area (Å²) >= 11 is 0. The monoisotopic (exact) mass is 529 g/mol. The molecule has 2 aliphatic carbocycles. The summed E-state index contributed by atoms with van der Waals surface area (Å²) in [4.78, 5) is 26.9. The Morgan fingerprint density at radius 2 is 0.921 bits per heavy atom. The fraction of sp³-hybridized carbons (Fsp3) is 0.143. The topological polar surface area (TPSA) is 37.4 Å². The van der Waals surface area contributed by atoms with Crippen molar-refractivity contribution < 1.29 is 40.3 Å². The number of allylic oxidation sites excluding steroid dienone is 3. The molecule has 3 aromatic rings. The molecule has 0 aromatic heterocycles. The first-order valence-corrected chi connectivity index (χ1v) is 11.4. The fourth-order valence-electron chi connectivity index (χ4n) is 5.84. The van der Waals surface area contributed by atoms with Crippen LogP contribution in [-0.4, -0.2) is 11.8 Å². The summed E-state index contributed by atoms with van der Waals surface area (Å²) < 4.78 is 97.8. The SMILES string of the molecule is O=C1[C@@H]2[C@@H](C(=O)N1c1c(F)c(F)c(F)c(F)c1F)[C@H]1C=C[C@H]2C1=C(c1ccc(F)cc1)c1ccc(F)cc1. The first-order valence-electron chi connectivity index (χ1n) is 11.4. The summed E-state index contributed by atoms with van der Waals surface area (Å²) in [6.45, 7) is 0. The average Bonchev–Trinajstić information content (AvgIpc) is 3.54. The summed E-state index contributed by atoms with van der Waals surface area (Å²) in [5.74, 6) is -18.6. The number of rotatable bonds is 3. The van der Waals surface area contributed by atoms with Gasteiger partial charge in [0.25, 0.3) is 0 Å². The summed E-state index contributed by atoms with van der Waals surface area (Å²) in [6, 6.07) is 10.8. The molecule has 3 nitrogen and oxygen atoms in total. The van der Waals surface area contributed by atoms with Crippen molar-refractivity contribution in [1.29, 1.82) is 0 Å². The first kappa shape index (κ1) is 24.1. The third-order valence-corrected chi connectivity index (χ3v) is 7.38. The van der Waals surface area contributed by atoms with E-state index in [0.717, 1.165) is 0 Å². The van der Waals surface area contributed by atoms with Gasteiger partial charge in [-0.25, -0.2) is 35.6 Å². The Kier molecular flexibility index (Phi) is 5.34. The van der Waals surface area contributed by atoms with Crippen LogP contribution in [0.25, 0.3) is 5.57 Å². The van der Waals surface area contributed by atoms with Crippen molar-refractivity contribution in [1.82, 2.24) is 0 Å². The molecule has 3 aromatic carbocycles. The maximum atomic E-state index is 14.5. The molecular formula is C28H14F7NO2. The molecule has 1 aliphatic heterocycles. The van der Waals surface area contributed by atoms with E-state index in [1.165, 1.54) is 48.5 Å². The lowest BCUT2D eigenvalue weighted by Crippen LogP contribution is -2.35. The number of anilines is 1. The third-order valence-electron chi connectivity index (χ3n) is 7.38. The van der Waals surface area contributed by atoms with E-state index in [-0.39, 0.29) is 4.90 Å². The van der Waals surface area contributed by atoms with Crippen LogP contribution < -0.4 is 4.90 Å². The molecule has 1 heterocycles. The standard InChI is InChI=1S/C28H14F7NO2/c29-13-5-1-11(2-6-13)17(12-3-7-14(30)8-4-12)18-15-9-10-16(18)20-19(15)27(37)36(28(20)38)26-24(34)22(32)21(31)23(33)25(26)35/h1-10,15-16,19-20H/t15-,16-,19-,20-/m0/s1. The lowest BCUT2D eigenvalue weighted by molar-refractivity contribution is -0.123. The van der Waals surface area contributed by atoms with Gasteiger partial charge < -0.3 is 0 Å². The van der Waals surface area contributed by atoms with Gasteiger partial charge in [-0.2, -0.15) is 0 Å². The molecule has 4 atom stereocenters. The van der Waals surface area contributed by atoms with Crippen molar-refractivity contribution in [3.05, 3.63) is 118 Å². The Morgan fingerprint density at radius 3 is 1.32 bits per heavy atom. The number of carbonyl (C=O) groups is 2. The molecule has 192 valence electrons. The van der Waals surface area contributed by atoms with E-state index in [1.54, 1.807) is 12.2 Å². The molecule has 2 bridgehead atoms. The van der Waals surface area contributed by atoms with Crippen LogP contribution in [0.3, 0.4) is 0 Å². The Morgan fingerprint density at radius 1 is 0.553 bits per heavy atom. The highest BCUT2D eigenvalue weighted by atomic mass is 19.2. The van der Waals surface area contributed by atoms with Crippen LogP contribution in [0.2, 0.25) is 0 Å². The highest BCUT2D eigenvalue weighted by Gasteiger charge is 2.63. The van der Waals surface area contributed by atoms with Crippen molar-refractivity contribution in [3.8, 4) is 0 Å². The second-order valence-corrected chi connectivity index (χ2v) is 9.26. The Hall–Kier alpha value is -4.21. The average molecular weight is 529 g/mol. The number of benzene rings is 3. The largest absolute Gasteiger partial charge is 0.274 e. The van der Waals surface area contributed by atoms with E-state index in [2.05, 4.69) is 0 Å². The number of hydrogen-bond acceptors (Lipinski definition) is 2. The molecule has 6 rings (SSSR count). The highest BCUT2D eigenvalue weighted by molar-refractivity contribution is 6.23. The van der Waals surface area contributed by atoms with E-state index in [4.69, 9.17) is 0 Å². The maximum absolute atomic E-state index is 14.5. The van der Waals surface area contributed by atoms with Crippen LogP contribution in [0, 0.1) is 64.4 Å². The van der Waals surface area contributed by atoms with Crippen LogP contribution >= 0.6 is 0 Å². The van der Waals surface area contributed by atoms with Gasteiger partial charge in [-0.15, -0.1) is 0 Å². The number of imide groups is 1. The zero-order chi connectivity index (χ0) is 27.0. The summed E-state index contributed by atoms with van der Waals surface area (Å²) in [5.41, 5.74) is 0.527. The normalized spacial score (nSPS) is 23.6. The van der Waals surface area contributed by atoms with Gasteiger partial charge in [0.1, 0.15) is 17.3 Å². The van der Waals surface area contributed by atoms with Gasteiger partial charge in [0.2, 0.25) is 17.6 Å². The highest BCUT2D eigenvalue weighted by Crippen LogP contribution is 2.59. The van der Waals surface area contributed by atoms with Crippen LogP contribution in [-0.2, 0) is 9.59 Å². The fourth-order valence-corrected chi connectivity index (χ4v) is 5.84. The molecule has 0 unspecified atom stereocenters. The lowest BCUT2D eigenvalue weighted by Gasteiger charge is -2.22. The van der Waals surface area contributed by atoms with E-state index >= 15 is 0 Å². The molecule has 1 saturated carbocycles. The minimum atomic E-state index is -2.40. The lowest BCUT2D eigenvalue weighted by atomic mass is 9.85. The number of hydrogen-bond donors (Lipinski definition) is 0. The number of amides is 2. The van der Waals surface area contributed by atoms with Crippen molar-refractivity contribution >= 4 is 23.1 Å². The van der Waals surface area contributed by atoms with Gasteiger partial charge in [-0.1, -0.05) is 36.4 Å². The van der Waals surface area contributed by atoms with E-state index in [0.29, 0.717) is 22.3 Å². The van der Waals surface area contributed by atoms with Gasteiger partial charge in [0.05, 0.1) is 11.8 Å². The van der Waals surface area contributed by atoms with Gasteiger partial charge in [0.15, 0.2) is 23.3 Å². The zero-order valence-corrected chi connectivity index (χ0v) is 19.0. The summed E-state index contributed by atoms with van der Waals surface area (Å²) in [6.07, 6.45) is 3.28. The molecule has 2 amide bonds. The van der Waals surface area contributed by atoms with Crippen molar-refractivity contribution in [2.24, 2.45) is 23.7 Å². The van der Waals surface area contributed by atoms with Gasteiger partial charge in [-0.05, 0) is 46.5 Å². The predicted molar refractivity (Wildman–Crippen MR) is 121 cm³/mol. The predicted octanol–water partition coefficient (Wildman–Crippen LogP) is 6.08. The van der Waals surface area contributed by atoms with Crippen molar-refractivity contribution in [3.63, 3.8) is 0 Å². The third kappa shape index (κ3) is 3.22. The van der Waals surface area contributed by atoms with Crippen molar-refractivity contribution in [2.75, 3.05) is 4.90 Å². The molecule has 1 saturated heterocycles. The van der Waals surface area contributed by atoms with E-state index < -0.39 is 81.9 Å². The summed E-state index contributed by atoms with van der Waals surface area (Å²) in [5, 5.41) is 0. The zero-order valence-electron chi connectivity index (χ0n) is 19.0. The number of halogens is 7. The molecule has 38 heavy (non-hydrogen) atoms. The molecule has 2 fully saturated rings. The second kappa shape index (κ2) is 8.41. The van der Waals surface area contributed by atoms with E-state index in [1.807, 2.05) is 0 Å². The minimum Gasteiger partial charge on any atom is -0.274 e. The molecule has 3 aliphatic rings. The van der Waals surface area contributed by atoms with Crippen LogP contribution in [0.5, 0.6) is 0 Å². The second-order valence-electron chi connectivity index (χ2n) is 9.26. The maximum Gasteiger partial charge on any atom is 0.238 e. The molecule has 10 heteroatoms. The Bertz CT molecular complexity index is 1480. The van der Waals surface area contributed by atoms with Crippen molar-refractivity contribution in [2.45, 2.75) is 0 Å². The molecule has 0 radical (unpaired) electrons. The molecule has 0 N–H and O–H groups in total. The Balaban J connectivity index is 1.50. The van der Waals surface area contributed by atoms with Crippen LogP contribution in [0.1, 0.15) is 11.1 Å².